The molecule has 0 aromatic heterocycles. The highest BCUT2D eigenvalue weighted by Crippen LogP contribution is 2.27. The van der Waals surface area contributed by atoms with Crippen LogP contribution in [0.2, 0.25) is 0 Å². The quantitative estimate of drug-likeness (QED) is 0.906. The molecule has 2 N–H and O–H groups in total. The second-order valence-electron chi connectivity index (χ2n) is 4.98. The fourth-order valence-corrected chi connectivity index (χ4v) is 2.52. The highest BCUT2D eigenvalue weighted by molar-refractivity contribution is 6.05. The average molecular weight is 270 g/mol. The van der Waals surface area contributed by atoms with Gasteiger partial charge in [-0.25, -0.2) is 0 Å². The Morgan fingerprint density at radius 1 is 1.15 bits per heavy atom. The molecule has 0 heterocycles. The van der Waals surface area contributed by atoms with Crippen LogP contribution in [0.4, 0.5) is 5.69 Å². The van der Waals surface area contributed by atoms with Gasteiger partial charge in [-0.15, -0.1) is 0 Å². The summed E-state index contributed by atoms with van der Waals surface area (Å²) in [7, 11) is 0. The number of likely N-dealkylation sites (N-methyl/N-ethyl adjacent to an activating group) is 1. The van der Waals surface area contributed by atoms with E-state index in [0.29, 0.717) is 6.54 Å². The summed E-state index contributed by atoms with van der Waals surface area (Å²) in [5.41, 5.74) is 6.94. The molecule has 0 unspecified atom stereocenters. The third-order valence-electron chi connectivity index (χ3n) is 3.56. The van der Waals surface area contributed by atoms with Crippen molar-refractivity contribution in [1.29, 1.82) is 0 Å². The molecule has 0 saturated carbocycles. The first-order valence-corrected chi connectivity index (χ1v) is 7.23. The van der Waals surface area contributed by atoms with Gasteiger partial charge < -0.3 is 10.6 Å². The Bertz CT molecular complexity index is 589. The van der Waals surface area contributed by atoms with Gasteiger partial charge in [0, 0.05) is 11.9 Å². The third-order valence-corrected chi connectivity index (χ3v) is 3.56. The third kappa shape index (κ3) is 2.83. The van der Waals surface area contributed by atoms with E-state index in [1.807, 2.05) is 44.2 Å². The first-order chi connectivity index (χ1) is 9.69. The van der Waals surface area contributed by atoms with E-state index in [1.165, 1.54) is 0 Å². The zero-order chi connectivity index (χ0) is 14.5. The first kappa shape index (κ1) is 14.5. The maximum absolute atomic E-state index is 12.5. The van der Waals surface area contributed by atoms with Crippen LogP contribution in [-0.4, -0.2) is 18.5 Å². The fourth-order valence-electron chi connectivity index (χ4n) is 2.52. The van der Waals surface area contributed by atoms with Crippen molar-refractivity contribution in [1.82, 2.24) is 0 Å². The van der Waals surface area contributed by atoms with Crippen molar-refractivity contribution in [2.45, 2.75) is 32.7 Å². The standard InChI is InChI=1S/C17H22N2O/c1-3-8-15(18)17(20)19(4-2)16-12-7-10-13-9-5-6-11-14(13)16/h5-7,9-12,15H,3-4,8,18H2,1-2H3/t15-/m1/s1. The van der Waals surface area contributed by atoms with Gasteiger partial charge >= 0.3 is 0 Å². The zero-order valence-electron chi connectivity index (χ0n) is 12.2. The molecule has 0 bridgehead atoms. The second-order valence-corrected chi connectivity index (χ2v) is 4.98. The normalized spacial score (nSPS) is 12.3. The molecule has 2 aromatic carbocycles. The number of carbonyl (C=O) groups excluding carboxylic acids is 1. The van der Waals surface area contributed by atoms with Crippen LogP contribution in [0.3, 0.4) is 0 Å². The van der Waals surface area contributed by atoms with E-state index in [-0.39, 0.29) is 5.91 Å². The van der Waals surface area contributed by atoms with Crippen molar-refractivity contribution in [2.24, 2.45) is 5.73 Å². The van der Waals surface area contributed by atoms with E-state index in [1.54, 1.807) is 4.90 Å². The molecule has 0 saturated heterocycles. The molecule has 3 nitrogen and oxygen atoms in total. The van der Waals surface area contributed by atoms with E-state index < -0.39 is 6.04 Å². The topological polar surface area (TPSA) is 46.3 Å². The van der Waals surface area contributed by atoms with Crippen molar-refractivity contribution < 1.29 is 4.79 Å². The first-order valence-electron chi connectivity index (χ1n) is 7.23. The minimum Gasteiger partial charge on any atom is -0.320 e. The Kier molecular flexibility index (Phi) is 4.74. The molecule has 20 heavy (non-hydrogen) atoms. The lowest BCUT2D eigenvalue weighted by Crippen LogP contribution is -2.43. The predicted molar refractivity (Wildman–Crippen MR) is 84.9 cm³/mol. The monoisotopic (exact) mass is 270 g/mol. The SMILES string of the molecule is CCC[C@@H](N)C(=O)N(CC)c1cccc2ccccc12. The minimum absolute atomic E-state index is 0.00528. The van der Waals surface area contributed by atoms with Gasteiger partial charge in [0.25, 0.3) is 0 Å². The molecule has 106 valence electrons. The molecule has 0 aliphatic heterocycles. The van der Waals surface area contributed by atoms with Crippen LogP contribution in [0.1, 0.15) is 26.7 Å². The summed E-state index contributed by atoms with van der Waals surface area (Å²) in [6.45, 7) is 4.66. The molecule has 0 spiro atoms. The molecule has 1 amide bonds. The Labute approximate surface area is 120 Å². The van der Waals surface area contributed by atoms with Crippen molar-refractivity contribution in [2.75, 3.05) is 11.4 Å². The predicted octanol–water partition coefficient (Wildman–Crippen LogP) is 3.32. The van der Waals surface area contributed by atoms with Crippen molar-refractivity contribution in [3.05, 3.63) is 42.5 Å². The molecule has 0 fully saturated rings. The highest BCUT2D eigenvalue weighted by Gasteiger charge is 2.21. The van der Waals surface area contributed by atoms with Crippen LogP contribution < -0.4 is 10.6 Å². The number of amides is 1. The summed E-state index contributed by atoms with van der Waals surface area (Å²) in [4.78, 5) is 14.3. The average Bonchev–Trinajstić information content (AvgIpc) is 2.48. The van der Waals surface area contributed by atoms with E-state index in [2.05, 4.69) is 12.1 Å². The van der Waals surface area contributed by atoms with Crippen LogP contribution in [0.15, 0.2) is 42.5 Å². The number of nitrogens with two attached hydrogens (primary N) is 1. The number of carbonyl (C=O) groups is 1. The number of nitrogens with zero attached hydrogens (tertiary/aromatic N) is 1. The molecule has 1 atom stereocenters. The van der Waals surface area contributed by atoms with Crippen molar-refractivity contribution in [3.63, 3.8) is 0 Å². The largest absolute Gasteiger partial charge is 0.320 e. The van der Waals surface area contributed by atoms with Crippen LogP contribution in [0.5, 0.6) is 0 Å². The Balaban J connectivity index is 2.42. The number of hydrogen-bond donors (Lipinski definition) is 1. The summed E-state index contributed by atoms with van der Waals surface area (Å²) < 4.78 is 0. The van der Waals surface area contributed by atoms with E-state index >= 15 is 0 Å². The number of benzene rings is 2. The minimum atomic E-state index is -0.418. The number of fused-ring (bicyclic) bond motifs is 1. The van der Waals surface area contributed by atoms with Crippen LogP contribution >= 0.6 is 0 Å². The molecule has 2 rings (SSSR count). The van der Waals surface area contributed by atoms with Gasteiger partial charge in [-0.05, 0) is 24.8 Å². The lowest BCUT2D eigenvalue weighted by atomic mass is 10.1. The van der Waals surface area contributed by atoms with Crippen LogP contribution in [0, 0.1) is 0 Å². The molecular formula is C17H22N2O. The van der Waals surface area contributed by atoms with E-state index in [4.69, 9.17) is 5.73 Å². The zero-order valence-corrected chi connectivity index (χ0v) is 12.2. The Morgan fingerprint density at radius 2 is 1.85 bits per heavy atom. The maximum atomic E-state index is 12.5. The van der Waals surface area contributed by atoms with Crippen LogP contribution in [-0.2, 0) is 4.79 Å². The smallest absolute Gasteiger partial charge is 0.243 e. The summed E-state index contributed by atoms with van der Waals surface area (Å²) >= 11 is 0. The second kappa shape index (κ2) is 6.53. The molecule has 3 heteroatoms. The molecule has 2 aromatic rings. The van der Waals surface area contributed by atoms with Gasteiger partial charge in [0.1, 0.15) is 0 Å². The highest BCUT2D eigenvalue weighted by atomic mass is 16.2. The molecule has 0 aliphatic carbocycles. The van der Waals surface area contributed by atoms with Crippen LogP contribution in [0.25, 0.3) is 10.8 Å². The van der Waals surface area contributed by atoms with Gasteiger partial charge in [0.05, 0.1) is 11.7 Å². The van der Waals surface area contributed by atoms with E-state index in [0.717, 1.165) is 29.3 Å². The van der Waals surface area contributed by atoms with Gasteiger partial charge in [0.2, 0.25) is 5.91 Å². The number of hydrogen-bond acceptors (Lipinski definition) is 2. The Hall–Kier alpha value is -1.87. The van der Waals surface area contributed by atoms with Crippen molar-refractivity contribution in [3.8, 4) is 0 Å². The number of rotatable bonds is 5. The van der Waals surface area contributed by atoms with Gasteiger partial charge in [0.15, 0.2) is 0 Å². The van der Waals surface area contributed by atoms with E-state index in [9.17, 15) is 4.79 Å². The maximum Gasteiger partial charge on any atom is 0.243 e. The molecule has 0 aliphatic rings. The summed E-state index contributed by atoms with van der Waals surface area (Å²) in [5, 5.41) is 2.23. The fraction of sp³-hybridized carbons (Fsp3) is 0.353. The molecular weight excluding hydrogens is 248 g/mol. The number of anilines is 1. The lowest BCUT2D eigenvalue weighted by molar-refractivity contribution is -0.119. The van der Waals surface area contributed by atoms with Crippen molar-refractivity contribution >= 4 is 22.4 Å². The summed E-state index contributed by atoms with van der Waals surface area (Å²) in [5.74, 6) is 0.00528. The summed E-state index contributed by atoms with van der Waals surface area (Å²) in [6, 6.07) is 13.7. The Morgan fingerprint density at radius 3 is 2.55 bits per heavy atom. The summed E-state index contributed by atoms with van der Waals surface area (Å²) in [6.07, 6.45) is 1.64. The molecule has 0 radical (unpaired) electrons. The lowest BCUT2D eigenvalue weighted by Gasteiger charge is -2.25. The van der Waals surface area contributed by atoms with Gasteiger partial charge in [-0.3, -0.25) is 4.79 Å². The van der Waals surface area contributed by atoms with Gasteiger partial charge in [-0.2, -0.15) is 0 Å². The van der Waals surface area contributed by atoms with Gasteiger partial charge in [-0.1, -0.05) is 49.7 Å².